The third-order valence-corrected chi connectivity index (χ3v) is 14.2. The molecule has 0 saturated carbocycles. The van der Waals surface area contributed by atoms with Gasteiger partial charge in [0.15, 0.2) is 0 Å². The summed E-state index contributed by atoms with van der Waals surface area (Å²) in [6, 6.07) is 0. The molecule has 0 N–H and O–H groups in total. The van der Waals surface area contributed by atoms with E-state index < -0.39 is 0 Å². The Hall–Kier alpha value is -1.10. The van der Waals surface area contributed by atoms with E-state index >= 15 is 0 Å². The van der Waals surface area contributed by atoms with Crippen molar-refractivity contribution < 1.29 is 23.8 Å². The predicted octanol–water partition coefficient (Wildman–Crippen LogP) is 20.8. The number of carbonyl (C=O) groups excluding carboxylic acids is 2. The van der Waals surface area contributed by atoms with Crippen LogP contribution in [-0.4, -0.2) is 37.9 Å². The molecule has 0 aromatic rings. The van der Waals surface area contributed by atoms with Crippen molar-refractivity contribution in [1.82, 2.24) is 0 Å². The van der Waals surface area contributed by atoms with Crippen molar-refractivity contribution in [1.29, 1.82) is 0 Å². The minimum absolute atomic E-state index is 0.151. The number of hydrogen-bond acceptors (Lipinski definition) is 5. The molecule has 0 bridgehead atoms. The van der Waals surface area contributed by atoms with E-state index in [1.165, 1.54) is 283 Å². The van der Waals surface area contributed by atoms with Crippen LogP contribution in [0.4, 0.5) is 0 Å². The summed E-state index contributed by atoms with van der Waals surface area (Å²) in [7, 11) is 0. The summed E-state index contributed by atoms with van der Waals surface area (Å²) in [6.45, 7) is 7.83. The molecule has 0 radical (unpaired) electrons. The van der Waals surface area contributed by atoms with Gasteiger partial charge in [0.25, 0.3) is 0 Å². The molecule has 0 heterocycles. The zero-order valence-electron chi connectivity index (χ0n) is 45.5. The van der Waals surface area contributed by atoms with Crippen LogP contribution in [0.2, 0.25) is 0 Å². The van der Waals surface area contributed by atoms with Gasteiger partial charge in [-0.15, -0.1) is 0 Å². The lowest BCUT2D eigenvalue weighted by molar-refractivity contribution is -0.155. The highest BCUT2D eigenvalue weighted by atomic mass is 16.6. The Bertz CT molecular complexity index is 921. The molecular weight excluding hydrogens is 813 g/mol. The summed E-state index contributed by atoms with van der Waals surface area (Å²) in [4.78, 5) is 25.3. The fourth-order valence-electron chi connectivity index (χ4n) is 9.55. The first-order valence-electron chi connectivity index (χ1n) is 30.6. The van der Waals surface area contributed by atoms with Gasteiger partial charge < -0.3 is 14.2 Å². The van der Waals surface area contributed by atoms with Gasteiger partial charge in [0, 0.05) is 19.4 Å². The molecule has 394 valence electrons. The Balaban J connectivity index is 4.16. The van der Waals surface area contributed by atoms with E-state index in [1.54, 1.807) is 0 Å². The van der Waals surface area contributed by atoms with Gasteiger partial charge in [-0.25, -0.2) is 0 Å². The maximum Gasteiger partial charge on any atom is 0.305 e. The predicted molar refractivity (Wildman–Crippen MR) is 289 cm³/mol. The van der Waals surface area contributed by atoms with Crippen molar-refractivity contribution in [2.75, 3.05) is 19.8 Å². The van der Waals surface area contributed by atoms with Gasteiger partial charge in [-0.2, -0.15) is 0 Å². The topological polar surface area (TPSA) is 61.8 Å². The number of hydrogen-bond donors (Lipinski definition) is 0. The Kier molecular flexibility index (Phi) is 57.2. The molecule has 0 aliphatic heterocycles. The molecule has 0 aliphatic rings. The van der Waals surface area contributed by atoms with E-state index in [4.69, 9.17) is 14.2 Å². The molecule has 0 saturated heterocycles. The SMILES string of the molecule is CCCCCCCCCCCCCCCCCCCCCC(=O)OC[C@H](COC(=O)CCCCCCCCCCCCCCCCC)OCCCCCCCCCCCCCCCCCC. The van der Waals surface area contributed by atoms with Gasteiger partial charge in [-0.1, -0.05) is 323 Å². The van der Waals surface area contributed by atoms with Gasteiger partial charge in [0.05, 0.1) is 0 Å². The fourth-order valence-corrected chi connectivity index (χ4v) is 9.55. The second kappa shape index (κ2) is 58.2. The Labute approximate surface area is 414 Å². The largest absolute Gasteiger partial charge is 0.463 e. The molecule has 5 nitrogen and oxygen atoms in total. The maximum absolute atomic E-state index is 12.7. The Morgan fingerprint density at radius 1 is 0.258 bits per heavy atom. The molecular formula is C61H120O5. The third kappa shape index (κ3) is 55.5. The average molecular weight is 934 g/mol. The van der Waals surface area contributed by atoms with Crippen LogP contribution >= 0.6 is 0 Å². The Morgan fingerprint density at radius 2 is 0.439 bits per heavy atom. The van der Waals surface area contributed by atoms with Crippen LogP contribution in [0.1, 0.15) is 355 Å². The average Bonchev–Trinajstić information content (AvgIpc) is 3.32. The lowest BCUT2D eigenvalue weighted by Gasteiger charge is -2.18. The first-order chi connectivity index (χ1) is 32.6. The number of ether oxygens (including phenoxy) is 3. The van der Waals surface area contributed by atoms with E-state index in [0.29, 0.717) is 19.4 Å². The highest BCUT2D eigenvalue weighted by Crippen LogP contribution is 2.18. The lowest BCUT2D eigenvalue weighted by Crippen LogP contribution is -2.29. The van der Waals surface area contributed by atoms with Crippen molar-refractivity contribution in [3.63, 3.8) is 0 Å². The van der Waals surface area contributed by atoms with E-state index in [-0.39, 0.29) is 31.3 Å². The quantitative estimate of drug-likeness (QED) is 0.0449. The highest BCUT2D eigenvalue weighted by molar-refractivity contribution is 5.69. The van der Waals surface area contributed by atoms with Crippen molar-refractivity contribution in [2.24, 2.45) is 0 Å². The fraction of sp³-hybridized carbons (Fsp3) is 0.967. The van der Waals surface area contributed by atoms with Crippen molar-refractivity contribution >= 4 is 11.9 Å². The standard InChI is InChI=1S/C61H120O5/c1-4-7-10-13-16-19-22-25-28-30-31-32-34-37-40-43-46-49-52-55-61(63)66-58-59(64-56-53-50-47-44-41-38-35-29-26-23-20-17-14-11-8-5-2)57-65-60(62)54-51-48-45-42-39-36-33-27-24-21-18-15-12-9-6-3/h59H,4-58H2,1-3H3/t59-/m0/s1. The summed E-state index contributed by atoms with van der Waals surface area (Å²) in [5, 5.41) is 0. The minimum atomic E-state index is -0.389. The molecule has 0 unspecified atom stereocenters. The molecule has 66 heavy (non-hydrogen) atoms. The molecule has 0 aromatic carbocycles. The van der Waals surface area contributed by atoms with Crippen LogP contribution in [0.25, 0.3) is 0 Å². The van der Waals surface area contributed by atoms with Crippen LogP contribution in [0.15, 0.2) is 0 Å². The van der Waals surface area contributed by atoms with Crippen molar-refractivity contribution in [3.8, 4) is 0 Å². The molecule has 1 atom stereocenters. The summed E-state index contributed by atoms with van der Waals surface area (Å²) >= 11 is 0. The van der Waals surface area contributed by atoms with E-state index in [9.17, 15) is 9.59 Å². The maximum atomic E-state index is 12.7. The third-order valence-electron chi connectivity index (χ3n) is 14.2. The number of rotatable bonds is 58. The van der Waals surface area contributed by atoms with Crippen LogP contribution in [0.3, 0.4) is 0 Å². The van der Waals surface area contributed by atoms with Crippen LogP contribution < -0.4 is 0 Å². The zero-order valence-corrected chi connectivity index (χ0v) is 45.5. The van der Waals surface area contributed by atoms with Gasteiger partial charge in [-0.05, 0) is 19.3 Å². The molecule has 5 heteroatoms. The molecule has 0 aliphatic carbocycles. The first-order valence-corrected chi connectivity index (χ1v) is 30.6. The van der Waals surface area contributed by atoms with E-state index in [2.05, 4.69) is 20.8 Å². The van der Waals surface area contributed by atoms with Crippen molar-refractivity contribution in [2.45, 2.75) is 361 Å². The molecule has 0 aromatic heterocycles. The number of unbranched alkanes of at least 4 members (excludes halogenated alkanes) is 47. The summed E-state index contributed by atoms with van der Waals surface area (Å²) in [5.41, 5.74) is 0. The highest BCUT2D eigenvalue weighted by Gasteiger charge is 2.16. The van der Waals surface area contributed by atoms with Gasteiger partial charge in [-0.3, -0.25) is 9.59 Å². The normalized spacial score (nSPS) is 12.0. The Morgan fingerprint density at radius 3 is 0.652 bits per heavy atom. The zero-order chi connectivity index (χ0) is 47.7. The van der Waals surface area contributed by atoms with E-state index in [1.807, 2.05) is 0 Å². The summed E-state index contributed by atoms with van der Waals surface area (Å²) < 4.78 is 17.6. The van der Waals surface area contributed by atoms with Gasteiger partial charge >= 0.3 is 11.9 Å². The van der Waals surface area contributed by atoms with Crippen LogP contribution in [-0.2, 0) is 23.8 Å². The van der Waals surface area contributed by atoms with E-state index in [0.717, 1.165) is 38.5 Å². The van der Waals surface area contributed by atoms with Gasteiger partial charge in [0.2, 0.25) is 0 Å². The van der Waals surface area contributed by atoms with Crippen molar-refractivity contribution in [3.05, 3.63) is 0 Å². The monoisotopic (exact) mass is 933 g/mol. The second-order valence-corrected chi connectivity index (χ2v) is 21.0. The summed E-state index contributed by atoms with van der Waals surface area (Å²) in [6.07, 6.45) is 67.2. The number of esters is 2. The van der Waals surface area contributed by atoms with Gasteiger partial charge in [0.1, 0.15) is 19.3 Å². The van der Waals surface area contributed by atoms with Crippen LogP contribution in [0.5, 0.6) is 0 Å². The minimum Gasteiger partial charge on any atom is -0.463 e. The first kappa shape index (κ1) is 64.9. The molecule has 0 rings (SSSR count). The molecule has 0 spiro atoms. The second-order valence-electron chi connectivity index (χ2n) is 21.0. The molecule has 0 fully saturated rings. The smallest absolute Gasteiger partial charge is 0.305 e. The number of carbonyl (C=O) groups is 2. The van der Waals surface area contributed by atoms with Crippen LogP contribution in [0, 0.1) is 0 Å². The summed E-state index contributed by atoms with van der Waals surface area (Å²) in [5.74, 6) is -0.303. The lowest BCUT2D eigenvalue weighted by atomic mass is 10.0. The molecule has 0 amide bonds.